The third-order valence-electron chi connectivity index (χ3n) is 7.64. The average molecular weight is 592 g/mol. The van der Waals surface area contributed by atoms with Crippen molar-refractivity contribution < 1.29 is 19.6 Å². The van der Waals surface area contributed by atoms with Crippen LogP contribution in [0.5, 0.6) is 0 Å². The molecule has 3 N–H and O–H groups in total. The quantitative estimate of drug-likeness (QED) is 0.114. The molecule has 3 aromatic carbocycles. The van der Waals surface area contributed by atoms with Crippen molar-refractivity contribution >= 4 is 34.7 Å². The smallest absolute Gasteiger partial charge is 0.305 e. The summed E-state index contributed by atoms with van der Waals surface area (Å²) in [7, 11) is 0. The number of para-hydroxylation sites is 1. The van der Waals surface area contributed by atoms with E-state index in [0.29, 0.717) is 28.6 Å². The predicted octanol–water partition coefficient (Wildman–Crippen LogP) is 7.34. The Hall–Kier alpha value is -5.51. The van der Waals surface area contributed by atoms with E-state index in [4.69, 9.17) is 4.98 Å². The molecule has 2 aromatic heterocycles. The number of imidazole rings is 1. The normalized spacial score (nSPS) is 11.8. The summed E-state index contributed by atoms with van der Waals surface area (Å²) >= 11 is 0. The van der Waals surface area contributed by atoms with Gasteiger partial charge in [-0.2, -0.15) is 0 Å². The molecule has 1 unspecified atom stereocenters. The number of amides is 1. The van der Waals surface area contributed by atoms with Crippen molar-refractivity contribution in [1.82, 2.24) is 14.7 Å². The number of nitro groups is 1. The highest BCUT2D eigenvalue weighted by atomic mass is 16.6. The number of nitrogens with zero attached hydrogens (tertiary/aromatic N) is 3. The van der Waals surface area contributed by atoms with Crippen LogP contribution in [-0.2, 0) is 4.79 Å². The van der Waals surface area contributed by atoms with Crippen LogP contribution < -0.4 is 10.6 Å². The van der Waals surface area contributed by atoms with Gasteiger partial charge in [0.2, 0.25) is 0 Å². The Labute approximate surface area is 254 Å². The number of anilines is 2. The number of carboxylic acid groups (broad SMARTS) is 1. The molecule has 10 heteroatoms. The number of hydrogen-bond acceptors (Lipinski definition) is 6. The maximum atomic E-state index is 13.8. The number of hydrogen-bond donors (Lipinski definition) is 3. The Morgan fingerprint density at radius 1 is 0.955 bits per heavy atom. The Balaban J connectivity index is 1.61. The first-order valence-corrected chi connectivity index (χ1v) is 14.2. The van der Waals surface area contributed by atoms with Gasteiger partial charge in [-0.05, 0) is 54.2 Å². The number of nitro benzene ring substituents is 1. The number of aromatic nitrogens is 2. The molecule has 1 atom stereocenters. The van der Waals surface area contributed by atoms with Crippen molar-refractivity contribution in [3.63, 3.8) is 0 Å². The number of carboxylic acids is 1. The van der Waals surface area contributed by atoms with Crippen molar-refractivity contribution in [3.05, 3.63) is 123 Å². The molecule has 5 aromatic rings. The number of carbonyl (C=O) groups excluding carboxylic acids is 1. The molecule has 0 bridgehead atoms. The number of aliphatic carboxylic acids is 1. The number of pyridine rings is 1. The zero-order valence-electron chi connectivity index (χ0n) is 24.9. The minimum Gasteiger partial charge on any atom is -0.481 e. The van der Waals surface area contributed by atoms with Crippen LogP contribution in [0.4, 0.5) is 17.2 Å². The van der Waals surface area contributed by atoms with E-state index in [1.807, 2.05) is 54.8 Å². The van der Waals surface area contributed by atoms with E-state index in [9.17, 15) is 24.8 Å². The minimum absolute atomic E-state index is 0.196. The monoisotopic (exact) mass is 591 g/mol. The van der Waals surface area contributed by atoms with Gasteiger partial charge in [0.05, 0.1) is 22.9 Å². The summed E-state index contributed by atoms with van der Waals surface area (Å²) in [6.07, 6.45) is 1.35. The summed E-state index contributed by atoms with van der Waals surface area (Å²) in [4.78, 5) is 41.2. The van der Waals surface area contributed by atoms with E-state index in [2.05, 4.69) is 36.6 Å². The highest BCUT2D eigenvalue weighted by Gasteiger charge is 2.25. The van der Waals surface area contributed by atoms with E-state index in [0.717, 1.165) is 22.4 Å². The van der Waals surface area contributed by atoms with Crippen LogP contribution in [0.15, 0.2) is 85.1 Å². The number of fused-ring (bicyclic) bond motifs is 1. The van der Waals surface area contributed by atoms with Gasteiger partial charge in [-0.25, -0.2) is 4.98 Å². The van der Waals surface area contributed by atoms with Gasteiger partial charge in [0, 0.05) is 29.6 Å². The minimum atomic E-state index is -1.16. The second-order valence-corrected chi connectivity index (χ2v) is 11.1. The SMILES string of the molecule is Cc1cccc(C)c1Nc1c(-c2ccc(C(C)C)cc2)nc2c(C(=O)NC(CC(=O)O)c3cccc([N+](=O)[O-])c3)cccn12. The van der Waals surface area contributed by atoms with Crippen molar-refractivity contribution in [2.75, 3.05) is 5.32 Å². The molecule has 44 heavy (non-hydrogen) atoms. The zero-order chi connectivity index (χ0) is 31.5. The number of carbonyl (C=O) groups is 2. The second kappa shape index (κ2) is 12.4. The molecule has 1 amide bonds. The molecule has 10 nitrogen and oxygen atoms in total. The summed E-state index contributed by atoms with van der Waals surface area (Å²) < 4.78 is 1.81. The summed E-state index contributed by atoms with van der Waals surface area (Å²) in [6.45, 7) is 8.30. The van der Waals surface area contributed by atoms with Crippen LogP contribution in [0.1, 0.15) is 64.8 Å². The van der Waals surface area contributed by atoms with Gasteiger partial charge >= 0.3 is 5.97 Å². The fourth-order valence-corrected chi connectivity index (χ4v) is 5.24. The lowest BCUT2D eigenvalue weighted by molar-refractivity contribution is -0.384. The van der Waals surface area contributed by atoms with E-state index >= 15 is 0 Å². The first kappa shape index (κ1) is 30.0. The molecule has 0 aliphatic carbocycles. The fourth-order valence-electron chi connectivity index (χ4n) is 5.24. The van der Waals surface area contributed by atoms with Crippen LogP contribution in [-0.4, -0.2) is 31.3 Å². The fraction of sp³-hybridized carbons (Fsp3) is 0.206. The lowest BCUT2D eigenvalue weighted by atomic mass is 10.0. The van der Waals surface area contributed by atoms with E-state index in [-0.39, 0.29) is 11.3 Å². The first-order chi connectivity index (χ1) is 21.0. The molecular formula is C34H33N5O5. The van der Waals surface area contributed by atoms with Crippen molar-refractivity contribution in [2.45, 2.75) is 46.1 Å². The van der Waals surface area contributed by atoms with Crippen molar-refractivity contribution in [2.24, 2.45) is 0 Å². The lowest BCUT2D eigenvalue weighted by Crippen LogP contribution is -2.30. The van der Waals surface area contributed by atoms with E-state index in [1.165, 1.54) is 23.8 Å². The lowest BCUT2D eigenvalue weighted by Gasteiger charge is -2.18. The van der Waals surface area contributed by atoms with Crippen LogP contribution in [0.25, 0.3) is 16.9 Å². The maximum Gasteiger partial charge on any atom is 0.305 e. The molecule has 0 aliphatic rings. The van der Waals surface area contributed by atoms with Crippen LogP contribution in [0, 0.1) is 24.0 Å². The Morgan fingerprint density at radius 3 is 2.27 bits per heavy atom. The molecular weight excluding hydrogens is 558 g/mol. The van der Waals surface area contributed by atoms with Crippen molar-refractivity contribution in [1.29, 1.82) is 0 Å². The van der Waals surface area contributed by atoms with Gasteiger partial charge in [0.25, 0.3) is 11.6 Å². The number of aryl methyl sites for hydroxylation is 2. The third-order valence-corrected chi connectivity index (χ3v) is 7.64. The topological polar surface area (TPSA) is 139 Å². The number of non-ortho nitro benzene ring substituents is 1. The highest BCUT2D eigenvalue weighted by Crippen LogP contribution is 2.35. The van der Waals surface area contributed by atoms with Crippen molar-refractivity contribution in [3.8, 4) is 11.3 Å². The highest BCUT2D eigenvalue weighted by molar-refractivity contribution is 6.01. The molecule has 5 rings (SSSR count). The first-order valence-electron chi connectivity index (χ1n) is 14.2. The standard InChI is InChI=1S/C34H33N5O5/c1-20(2)23-13-15-24(16-14-23)31-33(36-30-21(3)8-5-9-22(30)4)38-17-7-12-27(32(38)37-31)34(42)35-28(19-29(40)41)25-10-6-11-26(18-25)39(43)44/h5-18,20,28,36H,19H2,1-4H3,(H,35,42)(H,40,41). The number of benzene rings is 3. The predicted molar refractivity (Wildman–Crippen MR) is 169 cm³/mol. The summed E-state index contributed by atoms with van der Waals surface area (Å²) in [5.74, 6) is -0.686. The molecule has 224 valence electrons. The molecule has 0 saturated carbocycles. The molecule has 2 heterocycles. The van der Waals surface area contributed by atoms with E-state index < -0.39 is 29.3 Å². The number of rotatable bonds is 10. The van der Waals surface area contributed by atoms with Gasteiger partial charge in [-0.15, -0.1) is 0 Å². The summed E-state index contributed by atoms with van der Waals surface area (Å²) in [6, 6.07) is 22.1. The van der Waals surface area contributed by atoms with Crippen LogP contribution >= 0.6 is 0 Å². The van der Waals surface area contributed by atoms with Crippen LogP contribution in [0.2, 0.25) is 0 Å². The van der Waals surface area contributed by atoms with Gasteiger partial charge < -0.3 is 15.7 Å². The Kier molecular flexibility index (Phi) is 8.43. The van der Waals surface area contributed by atoms with Gasteiger partial charge in [0.1, 0.15) is 11.5 Å². The zero-order valence-corrected chi connectivity index (χ0v) is 24.9. The Bertz CT molecular complexity index is 1860. The molecule has 0 radical (unpaired) electrons. The molecule has 0 spiro atoms. The molecule has 0 fully saturated rings. The summed E-state index contributed by atoms with van der Waals surface area (Å²) in [5, 5.41) is 27.3. The molecule has 0 aliphatic heterocycles. The maximum absolute atomic E-state index is 13.8. The Morgan fingerprint density at radius 2 is 1.64 bits per heavy atom. The average Bonchev–Trinajstić information content (AvgIpc) is 3.37. The van der Waals surface area contributed by atoms with Crippen LogP contribution in [0.3, 0.4) is 0 Å². The second-order valence-electron chi connectivity index (χ2n) is 11.1. The van der Waals surface area contributed by atoms with Gasteiger partial charge in [-0.3, -0.25) is 24.1 Å². The van der Waals surface area contributed by atoms with E-state index in [1.54, 1.807) is 18.2 Å². The largest absolute Gasteiger partial charge is 0.481 e. The number of nitrogens with one attached hydrogen (secondary N) is 2. The van der Waals surface area contributed by atoms with Gasteiger partial charge in [0.15, 0.2) is 5.65 Å². The molecule has 0 saturated heterocycles. The van der Waals surface area contributed by atoms with Gasteiger partial charge in [-0.1, -0.05) is 68.4 Å². The summed E-state index contributed by atoms with van der Waals surface area (Å²) in [5.41, 5.74) is 6.42. The third kappa shape index (κ3) is 6.14.